The second-order valence-corrected chi connectivity index (χ2v) is 5.46. The van der Waals surface area contributed by atoms with E-state index in [9.17, 15) is 9.59 Å². The van der Waals surface area contributed by atoms with Gasteiger partial charge in [-0.05, 0) is 23.6 Å². The maximum Gasteiger partial charge on any atom is 0.231 e. The normalized spacial score (nSPS) is 12.2. The number of amides is 1. The van der Waals surface area contributed by atoms with Gasteiger partial charge in [-0.25, -0.2) is 0 Å². The van der Waals surface area contributed by atoms with Crippen LogP contribution in [0.1, 0.15) is 22.5 Å². The number of benzene rings is 1. The summed E-state index contributed by atoms with van der Waals surface area (Å²) >= 11 is 1.39. The van der Waals surface area contributed by atoms with Crippen molar-refractivity contribution in [2.75, 3.05) is 12.1 Å². The number of hydrogen-bond acceptors (Lipinski definition) is 5. The monoisotopic (exact) mass is 303 g/mol. The maximum absolute atomic E-state index is 11.9. The molecule has 0 bridgehead atoms. The van der Waals surface area contributed by atoms with Crippen LogP contribution >= 0.6 is 11.3 Å². The van der Waals surface area contributed by atoms with Crippen molar-refractivity contribution in [2.45, 2.75) is 12.8 Å². The summed E-state index contributed by atoms with van der Waals surface area (Å²) in [6, 6.07) is 8.79. The molecule has 0 atom stereocenters. The van der Waals surface area contributed by atoms with Crippen LogP contribution in [-0.4, -0.2) is 18.5 Å². The largest absolute Gasteiger partial charge is 0.454 e. The molecule has 1 aliphatic rings. The number of ketones is 1. The SMILES string of the molecule is O=C(CCC(=O)c1cccs1)Nc1ccc2c(c1)OCO2. The molecule has 1 aliphatic heterocycles. The van der Waals surface area contributed by atoms with Crippen molar-refractivity contribution in [1.82, 2.24) is 0 Å². The van der Waals surface area contributed by atoms with Crippen LogP contribution in [0.2, 0.25) is 0 Å². The van der Waals surface area contributed by atoms with Crippen LogP contribution in [-0.2, 0) is 4.79 Å². The van der Waals surface area contributed by atoms with E-state index < -0.39 is 0 Å². The zero-order chi connectivity index (χ0) is 14.7. The summed E-state index contributed by atoms with van der Waals surface area (Å²) in [5.74, 6) is 1.08. The average Bonchev–Trinajstić information content (AvgIpc) is 3.15. The molecule has 0 aliphatic carbocycles. The Bertz CT molecular complexity index is 666. The van der Waals surface area contributed by atoms with E-state index in [0.29, 0.717) is 22.1 Å². The van der Waals surface area contributed by atoms with Gasteiger partial charge >= 0.3 is 0 Å². The highest BCUT2D eigenvalue weighted by molar-refractivity contribution is 7.12. The summed E-state index contributed by atoms with van der Waals surface area (Å²) in [7, 11) is 0. The fourth-order valence-electron chi connectivity index (χ4n) is 1.99. The lowest BCUT2D eigenvalue weighted by molar-refractivity contribution is -0.116. The molecule has 0 radical (unpaired) electrons. The van der Waals surface area contributed by atoms with Crippen molar-refractivity contribution < 1.29 is 19.1 Å². The van der Waals surface area contributed by atoms with Gasteiger partial charge in [0.05, 0.1) is 4.88 Å². The zero-order valence-electron chi connectivity index (χ0n) is 11.1. The zero-order valence-corrected chi connectivity index (χ0v) is 11.9. The smallest absolute Gasteiger partial charge is 0.231 e. The number of ether oxygens (including phenoxy) is 2. The van der Waals surface area contributed by atoms with Crippen molar-refractivity contribution in [1.29, 1.82) is 0 Å². The molecular weight excluding hydrogens is 290 g/mol. The van der Waals surface area contributed by atoms with Crippen molar-refractivity contribution in [3.8, 4) is 11.5 Å². The summed E-state index contributed by atoms with van der Waals surface area (Å²) in [4.78, 5) is 24.4. The number of thiophene rings is 1. The van der Waals surface area contributed by atoms with Gasteiger partial charge in [-0.15, -0.1) is 11.3 Å². The first-order valence-electron chi connectivity index (χ1n) is 6.48. The lowest BCUT2D eigenvalue weighted by atomic mass is 10.2. The number of fused-ring (bicyclic) bond motifs is 1. The van der Waals surface area contributed by atoms with Crippen molar-refractivity contribution in [3.05, 3.63) is 40.6 Å². The minimum Gasteiger partial charge on any atom is -0.454 e. The number of carbonyl (C=O) groups is 2. The summed E-state index contributed by atoms with van der Waals surface area (Å²) in [6.45, 7) is 0.196. The van der Waals surface area contributed by atoms with Crippen LogP contribution in [0.4, 0.5) is 5.69 Å². The minimum atomic E-state index is -0.196. The Kier molecular flexibility index (Phi) is 3.87. The molecular formula is C15H13NO4S. The van der Waals surface area contributed by atoms with Gasteiger partial charge in [0.15, 0.2) is 17.3 Å². The quantitative estimate of drug-likeness (QED) is 0.862. The van der Waals surface area contributed by atoms with Gasteiger partial charge in [-0.3, -0.25) is 9.59 Å². The van der Waals surface area contributed by atoms with E-state index in [-0.39, 0.29) is 31.3 Å². The van der Waals surface area contributed by atoms with Gasteiger partial charge < -0.3 is 14.8 Å². The molecule has 108 valence electrons. The third-order valence-electron chi connectivity index (χ3n) is 3.03. The summed E-state index contributed by atoms with van der Waals surface area (Å²) in [5, 5.41) is 4.60. The molecule has 5 nitrogen and oxygen atoms in total. The van der Waals surface area contributed by atoms with Crippen molar-refractivity contribution in [3.63, 3.8) is 0 Å². The summed E-state index contributed by atoms with van der Waals surface area (Å²) < 4.78 is 10.4. The molecule has 1 amide bonds. The molecule has 2 heterocycles. The fraction of sp³-hybridized carbons (Fsp3) is 0.200. The Morgan fingerprint density at radius 2 is 2.00 bits per heavy atom. The summed E-state index contributed by atoms with van der Waals surface area (Å²) in [6.07, 6.45) is 0.363. The van der Waals surface area contributed by atoms with Gasteiger partial charge in [0.1, 0.15) is 0 Å². The number of carbonyl (C=O) groups excluding carboxylic acids is 2. The van der Waals surface area contributed by atoms with Crippen LogP contribution in [0.3, 0.4) is 0 Å². The first-order chi connectivity index (χ1) is 10.2. The molecule has 1 N–H and O–H groups in total. The van der Waals surface area contributed by atoms with Crippen molar-refractivity contribution >= 4 is 28.7 Å². The number of Topliss-reactive ketones (excluding diaryl/α,β-unsaturated/α-hetero) is 1. The lowest BCUT2D eigenvalue weighted by Gasteiger charge is -2.05. The van der Waals surface area contributed by atoms with Crippen LogP contribution < -0.4 is 14.8 Å². The Labute approximate surface area is 125 Å². The highest BCUT2D eigenvalue weighted by Crippen LogP contribution is 2.34. The van der Waals surface area contributed by atoms with Gasteiger partial charge in [-0.2, -0.15) is 0 Å². The second-order valence-electron chi connectivity index (χ2n) is 4.52. The molecule has 0 saturated heterocycles. The van der Waals surface area contributed by atoms with E-state index >= 15 is 0 Å². The van der Waals surface area contributed by atoms with E-state index in [1.165, 1.54) is 11.3 Å². The second kappa shape index (κ2) is 5.97. The lowest BCUT2D eigenvalue weighted by Crippen LogP contribution is -2.13. The van der Waals surface area contributed by atoms with E-state index in [2.05, 4.69) is 5.32 Å². The Morgan fingerprint density at radius 3 is 2.81 bits per heavy atom. The molecule has 0 unspecified atom stereocenters. The molecule has 21 heavy (non-hydrogen) atoms. The maximum atomic E-state index is 11.9. The molecule has 3 rings (SSSR count). The Morgan fingerprint density at radius 1 is 1.14 bits per heavy atom. The van der Waals surface area contributed by atoms with E-state index in [4.69, 9.17) is 9.47 Å². The Hall–Kier alpha value is -2.34. The van der Waals surface area contributed by atoms with E-state index in [0.717, 1.165) is 0 Å². The highest BCUT2D eigenvalue weighted by atomic mass is 32.1. The van der Waals surface area contributed by atoms with Crippen LogP contribution in [0.15, 0.2) is 35.7 Å². The van der Waals surface area contributed by atoms with E-state index in [1.54, 1.807) is 24.3 Å². The highest BCUT2D eigenvalue weighted by Gasteiger charge is 2.15. The molecule has 6 heteroatoms. The van der Waals surface area contributed by atoms with Crippen LogP contribution in [0.25, 0.3) is 0 Å². The van der Waals surface area contributed by atoms with Gasteiger partial charge in [-0.1, -0.05) is 6.07 Å². The van der Waals surface area contributed by atoms with Crippen molar-refractivity contribution in [2.24, 2.45) is 0 Å². The molecule has 1 aromatic carbocycles. The number of hydrogen-bond donors (Lipinski definition) is 1. The molecule has 0 fully saturated rings. The fourth-order valence-corrected chi connectivity index (χ4v) is 2.68. The number of rotatable bonds is 5. The number of nitrogens with one attached hydrogen (secondary N) is 1. The third kappa shape index (κ3) is 3.22. The molecule has 2 aromatic rings. The minimum absolute atomic E-state index is 0.00848. The topological polar surface area (TPSA) is 64.6 Å². The first kappa shape index (κ1) is 13.6. The molecule has 0 saturated carbocycles. The standard InChI is InChI=1S/C15H13NO4S/c17-11(14-2-1-7-21-14)4-6-15(18)16-10-3-5-12-13(8-10)20-9-19-12/h1-3,5,7-8H,4,6,9H2,(H,16,18). The third-order valence-corrected chi connectivity index (χ3v) is 3.94. The molecule has 1 aromatic heterocycles. The number of anilines is 1. The van der Waals surface area contributed by atoms with Gasteiger partial charge in [0, 0.05) is 24.6 Å². The van der Waals surface area contributed by atoms with Gasteiger partial charge in [0.2, 0.25) is 12.7 Å². The predicted octanol–water partition coefficient (Wildman–Crippen LogP) is 3.08. The van der Waals surface area contributed by atoms with Crippen LogP contribution in [0, 0.1) is 0 Å². The van der Waals surface area contributed by atoms with E-state index in [1.807, 2.05) is 11.4 Å². The average molecular weight is 303 g/mol. The Balaban J connectivity index is 1.53. The predicted molar refractivity (Wildman–Crippen MR) is 79.1 cm³/mol. The summed E-state index contributed by atoms with van der Waals surface area (Å²) in [5.41, 5.74) is 0.632. The van der Waals surface area contributed by atoms with Gasteiger partial charge in [0.25, 0.3) is 0 Å². The molecule has 0 spiro atoms. The first-order valence-corrected chi connectivity index (χ1v) is 7.36. The van der Waals surface area contributed by atoms with Crippen LogP contribution in [0.5, 0.6) is 11.5 Å².